The van der Waals surface area contributed by atoms with Crippen LogP contribution in [0.4, 0.5) is 4.39 Å². The molecule has 1 aliphatic heterocycles. The molecule has 1 saturated heterocycles. The number of hydrogen-bond donors (Lipinski definition) is 1. The van der Waals surface area contributed by atoms with Crippen LogP contribution in [0.15, 0.2) is 22.7 Å². The van der Waals surface area contributed by atoms with Crippen molar-refractivity contribution in [1.29, 1.82) is 0 Å². The minimum Gasteiger partial charge on any atom is -0.350 e. The first-order valence-corrected chi connectivity index (χ1v) is 6.97. The molecule has 0 spiro atoms. The maximum Gasteiger partial charge on any atom is 0.220 e. The van der Waals surface area contributed by atoms with Crippen molar-refractivity contribution in [2.24, 2.45) is 5.92 Å². The number of halogens is 2. The van der Waals surface area contributed by atoms with Crippen molar-refractivity contribution in [3.05, 3.63) is 34.1 Å². The molecule has 0 aliphatic carbocycles. The maximum absolute atomic E-state index is 13.3. The zero-order chi connectivity index (χ0) is 13.3. The lowest BCUT2D eigenvalue weighted by Crippen LogP contribution is -2.48. The zero-order valence-corrected chi connectivity index (χ0v) is 12.2. The van der Waals surface area contributed by atoms with Gasteiger partial charge in [-0.25, -0.2) is 4.39 Å². The van der Waals surface area contributed by atoms with Crippen LogP contribution in [0.2, 0.25) is 0 Å². The van der Waals surface area contributed by atoms with Crippen molar-refractivity contribution >= 4 is 21.8 Å². The van der Waals surface area contributed by atoms with Crippen LogP contribution in [0.5, 0.6) is 0 Å². The molecule has 0 saturated carbocycles. The van der Waals surface area contributed by atoms with Gasteiger partial charge in [0.05, 0.1) is 0 Å². The molecule has 1 heterocycles. The second-order valence-electron chi connectivity index (χ2n) is 5.27. The van der Waals surface area contributed by atoms with Gasteiger partial charge >= 0.3 is 0 Å². The van der Waals surface area contributed by atoms with E-state index in [1.807, 2.05) is 0 Å². The number of nitrogens with one attached hydrogen (secondary N) is 1. The van der Waals surface area contributed by atoms with Gasteiger partial charge in [-0.1, -0.05) is 29.8 Å². The summed E-state index contributed by atoms with van der Waals surface area (Å²) in [6.07, 6.45) is 2.03. The summed E-state index contributed by atoms with van der Waals surface area (Å²) in [4.78, 5) is 11.5. The predicted molar refractivity (Wildman–Crippen MR) is 72.7 cm³/mol. The summed E-state index contributed by atoms with van der Waals surface area (Å²) in [5.41, 5.74) is 0.666. The summed E-state index contributed by atoms with van der Waals surface area (Å²) in [5, 5.41) is 3.08. The lowest BCUT2D eigenvalue weighted by Gasteiger charge is -2.34. The normalized spacial score (nSPS) is 23.5. The summed E-state index contributed by atoms with van der Waals surface area (Å²) in [6.45, 7) is 4.19. The molecule has 1 N–H and O–H groups in total. The Bertz CT molecular complexity index is 475. The molecule has 0 aromatic heterocycles. The van der Waals surface area contributed by atoms with Crippen LogP contribution in [0, 0.1) is 11.7 Å². The van der Waals surface area contributed by atoms with E-state index in [4.69, 9.17) is 0 Å². The van der Waals surface area contributed by atoms with Crippen LogP contribution >= 0.6 is 15.9 Å². The monoisotopic (exact) mass is 313 g/mol. The number of rotatable bonds is 3. The van der Waals surface area contributed by atoms with E-state index in [-0.39, 0.29) is 17.3 Å². The second kappa shape index (κ2) is 5.00. The van der Waals surface area contributed by atoms with Crippen molar-refractivity contribution in [2.45, 2.75) is 38.6 Å². The number of benzene rings is 1. The molecule has 1 fully saturated rings. The summed E-state index contributed by atoms with van der Waals surface area (Å²) >= 11 is 3.45. The molecule has 1 aliphatic rings. The molecular formula is C14H17BrFNO. The Labute approximate surface area is 115 Å². The van der Waals surface area contributed by atoms with E-state index in [1.165, 1.54) is 6.07 Å². The fraction of sp³-hybridized carbons (Fsp3) is 0.500. The molecule has 1 amide bonds. The van der Waals surface area contributed by atoms with E-state index in [1.54, 1.807) is 12.1 Å². The standard InChI is InChI=1S/C14H17BrFNO/c1-9(2)14(6-5-13(18)17-14)8-10-7-11(16)3-4-12(10)15/h3-4,7,9H,5-6,8H2,1-2H3,(H,17,18). The van der Waals surface area contributed by atoms with Crippen molar-refractivity contribution in [3.63, 3.8) is 0 Å². The fourth-order valence-corrected chi connectivity index (χ4v) is 2.91. The van der Waals surface area contributed by atoms with Crippen molar-refractivity contribution in [1.82, 2.24) is 5.32 Å². The van der Waals surface area contributed by atoms with Gasteiger partial charge in [-0.2, -0.15) is 0 Å². The highest BCUT2D eigenvalue weighted by atomic mass is 79.9. The van der Waals surface area contributed by atoms with Gasteiger partial charge in [-0.15, -0.1) is 0 Å². The quantitative estimate of drug-likeness (QED) is 0.910. The van der Waals surface area contributed by atoms with Crippen LogP contribution in [0.1, 0.15) is 32.3 Å². The minimum absolute atomic E-state index is 0.0937. The Balaban J connectivity index is 2.30. The van der Waals surface area contributed by atoms with Gasteiger partial charge in [0.25, 0.3) is 0 Å². The van der Waals surface area contributed by atoms with E-state index in [0.29, 0.717) is 18.8 Å². The van der Waals surface area contributed by atoms with Crippen LogP contribution in [0.25, 0.3) is 0 Å². The van der Waals surface area contributed by atoms with Gasteiger partial charge in [0.2, 0.25) is 5.91 Å². The third-order valence-electron chi connectivity index (χ3n) is 3.81. The Kier molecular flexibility index (Phi) is 3.76. The molecule has 1 aromatic carbocycles. The molecule has 4 heteroatoms. The van der Waals surface area contributed by atoms with E-state index >= 15 is 0 Å². The molecule has 1 unspecified atom stereocenters. The smallest absolute Gasteiger partial charge is 0.220 e. The molecule has 18 heavy (non-hydrogen) atoms. The average molecular weight is 314 g/mol. The Hall–Kier alpha value is -0.900. The summed E-state index contributed by atoms with van der Waals surface area (Å²) < 4.78 is 14.2. The van der Waals surface area contributed by atoms with Crippen LogP contribution in [-0.2, 0) is 11.2 Å². The second-order valence-corrected chi connectivity index (χ2v) is 6.13. The van der Waals surface area contributed by atoms with Gasteiger partial charge in [0.15, 0.2) is 0 Å². The van der Waals surface area contributed by atoms with Gasteiger partial charge in [-0.3, -0.25) is 4.79 Å². The van der Waals surface area contributed by atoms with Crippen molar-refractivity contribution in [2.75, 3.05) is 0 Å². The van der Waals surface area contributed by atoms with E-state index in [9.17, 15) is 9.18 Å². The topological polar surface area (TPSA) is 29.1 Å². The van der Waals surface area contributed by atoms with E-state index in [2.05, 4.69) is 35.1 Å². The Morgan fingerprint density at radius 3 is 2.78 bits per heavy atom. The lowest BCUT2D eigenvalue weighted by atomic mass is 9.80. The molecule has 2 nitrogen and oxygen atoms in total. The lowest BCUT2D eigenvalue weighted by molar-refractivity contribution is -0.120. The molecule has 1 aromatic rings. The Morgan fingerprint density at radius 2 is 2.22 bits per heavy atom. The van der Waals surface area contributed by atoms with Crippen molar-refractivity contribution < 1.29 is 9.18 Å². The number of amides is 1. The fourth-order valence-electron chi connectivity index (χ4n) is 2.53. The molecule has 2 rings (SSSR count). The molecular weight excluding hydrogens is 297 g/mol. The summed E-state index contributed by atoms with van der Waals surface area (Å²) in [6, 6.07) is 4.69. The highest BCUT2D eigenvalue weighted by molar-refractivity contribution is 9.10. The Morgan fingerprint density at radius 1 is 1.50 bits per heavy atom. The third-order valence-corrected chi connectivity index (χ3v) is 4.58. The van der Waals surface area contributed by atoms with Crippen molar-refractivity contribution in [3.8, 4) is 0 Å². The highest BCUT2D eigenvalue weighted by Crippen LogP contribution is 2.34. The van der Waals surface area contributed by atoms with Crippen LogP contribution in [-0.4, -0.2) is 11.4 Å². The molecule has 98 valence electrons. The number of hydrogen-bond acceptors (Lipinski definition) is 1. The maximum atomic E-state index is 13.3. The van der Waals surface area contributed by atoms with Gasteiger partial charge in [-0.05, 0) is 42.5 Å². The first-order chi connectivity index (χ1) is 8.43. The van der Waals surface area contributed by atoms with Crippen LogP contribution < -0.4 is 5.32 Å². The largest absolute Gasteiger partial charge is 0.350 e. The first kappa shape index (κ1) is 13.5. The summed E-state index contributed by atoms with van der Waals surface area (Å²) in [5.74, 6) is 0.173. The van der Waals surface area contributed by atoms with Gasteiger partial charge in [0, 0.05) is 16.4 Å². The minimum atomic E-state index is -0.243. The molecule has 0 bridgehead atoms. The number of carbonyl (C=O) groups excluding carboxylic acids is 1. The predicted octanol–water partition coefficient (Wildman–Crippen LogP) is 3.44. The van der Waals surface area contributed by atoms with Gasteiger partial charge in [0.1, 0.15) is 5.82 Å². The highest BCUT2D eigenvalue weighted by Gasteiger charge is 2.40. The molecule has 1 atom stereocenters. The third kappa shape index (κ3) is 2.58. The summed E-state index contributed by atoms with van der Waals surface area (Å²) in [7, 11) is 0. The molecule has 0 radical (unpaired) electrons. The zero-order valence-electron chi connectivity index (χ0n) is 10.6. The first-order valence-electron chi connectivity index (χ1n) is 6.18. The van der Waals surface area contributed by atoms with E-state index in [0.717, 1.165) is 16.5 Å². The SMILES string of the molecule is CC(C)C1(Cc2cc(F)ccc2Br)CCC(=O)N1. The van der Waals surface area contributed by atoms with Gasteiger partial charge < -0.3 is 5.32 Å². The average Bonchev–Trinajstić information content (AvgIpc) is 2.67. The van der Waals surface area contributed by atoms with Crippen LogP contribution in [0.3, 0.4) is 0 Å². The van der Waals surface area contributed by atoms with E-state index < -0.39 is 0 Å². The number of carbonyl (C=O) groups is 1.